The number of rotatable bonds is 9. The van der Waals surface area contributed by atoms with Crippen molar-refractivity contribution in [2.45, 2.75) is 37.7 Å². The Bertz CT molecular complexity index is 646. The molecule has 8 nitrogen and oxygen atoms in total. The fourth-order valence-electron chi connectivity index (χ4n) is 1.96. The highest BCUT2D eigenvalue weighted by molar-refractivity contribution is 7.89. The zero-order valence-electron chi connectivity index (χ0n) is 13.5. The molecule has 1 rings (SSSR count). The number of non-ortho nitro benzene ring substituents is 1. The lowest BCUT2D eigenvalue weighted by Crippen LogP contribution is -2.28. The zero-order chi connectivity index (χ0) is 17.6. The van der Waals surface area contributed by atoms with Crippen molar-refractivity contribution in [2.75, 3.05) is 25.0 Å². The molecule has 9 heteroatoms. The Hall–Kier alpha value is -1.71. The summed E-state index contributed by atoms with van der Waals surface area (Å²) >= 11 is 0. The van der Waals surface area contributed by atoms with Gasteiger partial charge < -0.3 is 10.0 Å². The fraction of sp³-hybridized carbons (Fsp3) is 0.571. The largest absolute Gasteiger partial charge is 0.393 e. The highest BCUT2D eigenvalue weighted by atomic mass is 32.2. The molecule has 23 heavy (non-hydrogen) atoms. The molecule has 0 fully saturated rings. The van der Waals surface area contributed by atoms with Crippen LogP contribution in [0, 0.1) is 10.1 Å². The average Bonchev–Trinajstić information content (AvgIpc) is 2.49. The second-order valence-electron chi connectivity index (χ2n) is 5.37. The number of benzene rings is 1. The molecule has 0 bridgehead atoms. The predicted molar refractivity (Wildman–Crippen MR) is 88.1 cm³/mol. The van der Waals surface area contributed by atoms with Gasteiger partial charge in [0.25, 0.3) is 5.69 Å². The molecular formula is C14H23N3O5S. The van der Waals surface area contributed by atoms with Gasteiger partial charge >= 0.3 is 0 Å². The number of nitrogens with zero attached hydrogens (tertiary/aromatic N) is 2. The number of anilines is 1. The Kier molecular flexibility index (Phi) is 6.92. The topological polar surface area (TPSA) is 113 Å². The van der Waals surface area contributed by atoms with Gasteiger partial charge in [-0.2, -0.15) is 0 Å². The lowest BCUT2D eigenvalue weighted by Gasteiger charge is -2.23. The summed E-state index contributed by atoms with van der Waals surface area (Å²) in [6, 6.07) is 3.65. The lowest BCUT2D eigenvalue weighted by atomic mass is 10.2. The summed E-state index contributed by atoms with van der Waals surface area (Å²) in [5, 5.41) is 20.3. The summed E-state index contributed by atoms with van der Waals surface area (Å²) in [6.07, 6.45) is 0.509. The van der Waals surface area contributed by atoms with Crippen LogP contribution < -0.4 is 9.62 Å². The van der Waals surface area contributed by atoms with E-state index in [4.69, 9.17) is 0 Å². The van der Waals surface area contributed by atoms with E-state index in [1.807, 2.05) is 6.92 Å². The molecule has 0 aliphatic carbocycles. The predicted octanol–water partition coefficient (Wildman–Crippen LogP) is 1.49. The van der Waals surface area contributed by atoms with E-state index >= 15 is 0 Å². The third-order valence-corrected chi connectivity index (χ3v) is 4.79. The minimum atomic E-state index is -3.76. The van der Waals surface area contributed by atoms with Crippen molar-refractivity contribution in [1.82, 2.24) is 4.72 Å². The summed E-state index contributed by atoms with van der Waals surface area (Å²) in [4.78, 5) is 12.0. The van der Waals surface area contributed by atoms with Crippen LogP contribution >= 0.6 is 0 Å². The van der Waals surface area contributed by atoms with Gasteiger partial charge in [0.2, 0.25) is 10.0 Å². The van der Waals surface area contributed by atoms with E-state index in [2.05, 4.69) is 4.72 Å². The van der Waals surface area contributed by atoms with Gasteiger partial charge in [0, 0.05) is 32.3 Å². The van der Waals surface area contributed by atoms with Crippen molar-refractivity contribution < 1.29 is 18.4 Å². The van der Waals surface area contributed by atoms with Crippen LogP contribution in [-0.4, -0.2) is 44.7 Å². The molecule has 1 aromatic rings. The molecule has 2 N–H and O–H groups in total. The maximum Gasteiger partial charge on any atom is 0.271 e. The molecule has 0 saturated carbocycles. The van der Waals surface area contributed by atoms with Gasteiger partial charge in [0.15, 0.2) is 0 Å². The number of nitro groups is 1. The second-order valence-corrected chi connectivity index (χ2v) is 7.10. The third kappa shape index (κ3) is 5.45. The summed E-state index contributed by atoms with van der Waals surface area (Å²) in [7, 11) is -2.12. The summed E-state index contributed by atoms with van der Waals surface area (Å²) in [6.45, 7) is 4.13. The van der Waals surface area contributed by atoms with E-state index < -0.39 is 21.1 Å². The molecule has 0 aliphatic heterocycles. The first-order valence-electron chi connectivity index (χ1n) is 7.36. The smallest absolute Gasteiger partial charge is 0.271 e. The van der Waals surface area contributed by atoms with Crippen LogP contribution in [0.2, 0.25) is 0 Å². The molecule has 0 spiro atoms. The summed E-state index contributed by atoms with van der Waals surface area (Å²) in [5.74, 6) is 0. The molecule has 0 saturated heterocycles. The lowest BCUT2D eigenvalue weighted by molar-refractivity contribution is -0.384. The summed E-state index contributed by atoms with van der Waals surface area (Å²) < 4.78 is 27.2. The Morgan fingerprint density at radius 3 is 2.61 bits per heavy atom. The zero-order valence-corrected chi connectivity index (χ0v) is 14.3. The van der Waals surface area contributed by atoms with Gasteiger partial charge in [0.1, 0.15) is 4.90 Å². The molecule has 1 aromatic carbocycles. The monoisotopic (exact) mass is 345 g/mol. The Morgan fingerprint density at radius 1 is 1.43 bits per heavy atom. The maximum absolute atomic E-state index is 12.4. The van der Waals surface area contributed by atoms with Crippen molar-refractivity contribution in [3.8, 4) is 0 Å². The SMILES string of the molecule is CCCNS(=O)(=O)c1ccc([N+](=O)[O-])cc1N(C)CC[C@H](C)O. The Balaban J connectivity index is 3.26. The van der Waals surface area contributed by atoms with Gasteiger partial charge in [-0.1, -0.05) is 6.92 Å². The quantitative estimate of drug-likeness (QED) is 0.518. The molecule has 130 valence electrons. The third-order valence-electron chi connectivity index (χ3n) is 3.28. The molecule has 0 radical (unpaired) electrons. The fourth-order valence-corrected chi connectivity index (χ4v) is 3.33. The number of hydrogen-bond acceptors (Lipinski definition) is 6. The van der Waals surface area contributed by atoms with Crippen molar-refractivity contribution in [3.05, 3.63) is 28.3 Å². The molecule has 1 atom stereocenters. The first-order chi connectivity index (χ1) is 10.7. The van der Waals surface area contributed by atoms with Gasteiger partial charge in [-0.05, 0) is 25.8 Å². The van der Waals surface area contributed by atoms with Gasteiger partial charge in [0.05, 0.1) is 16.7 Å². The van der Waals surface area contributed by atoms with Gasteiger partial charge in [-0.15, -0.1) is 0 Å². The summed E-state index contributed by atoms with van der Waals surface area (Å²) in [5.41, 5.74) is 0.0572. The number of hydrogen-bond donors (Lipinski definition) is 2. The second kappa shape index (κ2) is 8.23. The number of nitrogens with one attached hydrogen (secondary N) is 1. The van der Waals surface area contributed by atoms with E-state index in [0.717, 1.165) is 0 Å². The number of nitro benzene ring substituents is 1. The van der Waals surface area contributed by atoms with Crippen LogP contribution in [0.25, 0.3) is 0 Å². The van der Waals surface area contributed by atoms with E-state index in [1.54, 1.807) is 18.9 Å². The number of aliphatic hydroxyl groups excluding tert-OH is 1. The molecule has 0 heterocycles. The van der Waals surface area contributed by atoms with Crippen molar-refractivity contribution in [3.63, 3.8) is 0 Å². The highest BCUT2D eigenvalue weighted by Gasteiger charge is 2.23. The molecule has 0 aliphatic rings. The highest BCUT2D eigenvalue weighted by Crippen LogP contribution is 2.29. The average molecular weight is 345 g/mol. The van der Waals surface area contributed by atoms with Crippen LogP contribution in [-0.2, 0) is 10.0 Å². The van der Waals surface area contributed by atoms with Gasteiger partial charge in [-0.3, -0.25) is 10.1 Å². The molecule has 0 amide bonds. The molecule has 0 unspecified atom stereocenters. The van der Waals surface area contributed by atoms with Crippen LogP contribution in [0.15, 0.2) is 23.1 Å². The minimum Gasteiger partial charge on any atom is -0.393 e. The van der Waals surface area contributed by atoms with Crippen LogP contribution in [0.3, 0.4) is 0 Å². The van der Waals surface area contributed by atoms with Crippen LogP contribution in [0.4, 0.5) is 11.4 Å². The first kappa shape index (κ1) is 19.3. The molecular weight excluding hydrogens is 322 g/mol. The van der Waals surface area contributed by atoms with Crippen molar-refractivity contribution >= 4 is 21.4 Å². The maximum atomic E-state index is 12.4. The van der Waals surface area contributed by atoms with E-state index in [9.17, 15) is 23.6 Å². The van der Waals surface area contributed by atoms with Gasteiger partial charge in [-0.25, -0.2) is 13.1 Å². The van der Waals surface area contributed by atoms with E-state index in [1.165, 1.54) is 18.2 Å². The standard InChI is InChI=1S/C14H23N3O5S/c1-4-8-15-23(21,22)14-6-5-12(17(19)20)10-13(14)16(3)9-7-11(2)18/h5-6,10-11,15,18H,4,7-9H2,1-3H3/t11-/m0/s1. The van der Waals surface area contributed by atoms with Crippen molar-refractivity contribution in [2.24, 2.45) is 0 Å². The Morgan fingerprint density at radius 2 is 2.09 bits per heavy atom. The minimum absolute atomic E-state index is 0.00959. The van der Waals surface area contributed by atoms with E-state index in [0.29, 0.717) is 19.4 Å². The first-order valence-corrected chi connectivity index (χ1v) is 8.84. The van der Waals surface area contributed by atoms with Crippen LogP contribution in [0.5, 0.6) is 0 Å². The normalized spacial score (nSPS) is 12.9. The number of sulfonamides is 1. The van der Waals surface area contributed by atoms with Crippen LogP contribution in [0.1, 0.15) is 26.7 Å². The Labute approximate surface area is 136 Å². The number of aliphatic hydroxyl groups is 1. The van der Waals surface area contributed by atoms with E-state index in [-0.39, 0.29) is 22.8 Å². The molecule has 0 aromatic heterocycles. The van der Waals surface area contributed by atoms with Crippen molar-refractivity contribution in [1.29, 1.82) is 0 Å².